The maximum atomic E-state index is 15.4. The summed E-state index contributed by atoms with van der Waals surface area (Å²) in [6, 6.07) is 29.7. The Balaban J connectivity index is 0.000000180. The number of anilines is 2. The van der Waals surface area contributed by atoms with Crippen molar-refractivity contribution in [3.05, 3.63) is 154 Å². The van der Waals surface area contributed by atoms with E-state index < -0.39 is 63.7 Å². The SMILES string of the molecule is CCN1CCN(c2cccc(-c3ccc(C#C[C@]4(CN5Cc6ccc(OC)c(F)c6C5=O)CC(=O)NC4=O)cc3)n2)CC1.CCN1CCN(c2cccc(-c3ccc(C#C[C@]4(CN5Cc6ccc(OC)c(F)c6C5=O)CC(=O)NC4=O)cc3F)n2)CC1. The smallest absolute Gasteiger partial charge is 0.257 e. The molecular weight excluding hydrogens is 1120 g/mol. The maximum absolute atomic E-state index is 15.4. The maximum Gasteiger partial charge on any atom is 0.257 e. The number of amides is 6. The number of methoxy groups -OCH3 is 2. The van der Waals surface area contributed by atoms with E-state index in [4.69, 9.17) is 19.4 Å². The van der Waals surface area contributed by atoms with Crippen LogP contribution >= 0.6 is 0 Å². The van der Waals surface area contributed by atoms with Gasteiger partial charge in [-0.15, -0.1) is 0 Å². The van der Waals surface area contributed by atoms with Gasteiger partial charge in [0.2, 0.25) is 23.6 Å². The van der Waals surface area contributed by atoms with Gasteiger partial charge in [-0.1, -0.05) is 73.9 Å². The number of aromatic nitrogens is 2. The lowest BCUT2D eigenvalue weighted by atomic mass is 9.85. The van der Waals surface area contributed by atoms with Gasteiger partial charge in [-0.05, 0) is 90.9 Å². The van der Waals surface area contributed by atoms with Crippen molar-refractivity contribution < 1.29 is 51.4 Å². The lowest BCUT2D eigenvalue weighted by Gasteiger charge is -2.34. The fourth-order valence-corrected chi connectivity index (χ4v) is 11.8. The zero-order valence-corrected chi connectivity index (χ0v) is 48.6. The second-order valence-corrected chi connectivity index (χ2v) is 22.2. The number of benzene rings is 4. The molecule has 6 aromatic rings. The van der Waals surface area contributed by atoms with Crippen LogP contribution in [0.2, 0.25) is 0 Å². The number of carbonyl (C=O) groups excluding carboxylic acids is 6. The van der Waals surface area contributed by atoms with Gasteiger partial charge in [0, 0.05) is 101 Å². The Kier molecular flexibility index (Phi) is 16.9. The lowest BCUT2D eigenvalue weighted by Crippen LogP contribution is -2.46. The van der Waals surface area contributed by atoms with Gasteiger partial charge in [0.1, 0.15) is 28.3 Å². The van der Waals surface area contributed by atoms with Crippen molar-refractivity contribution in [3.8, 4) is 57.7 Å². The second-order valence-electron chi connectivity index (χ2n) is 22.2. The van der Waals surface area contributed by atoms with Crippen LogP contribution in [0.1, 0.15) is 69.7 Å². The number of likely N-dealkylation sites (N-methyl/N-ethyl adjacent to an activating group) is 2. The molecule has 8 heterocycles. The van der Waals surface area contributed by atoms with E-state index in [1.165, 1.54) is 42.2 Å². The highest BCUT2D eigenvalue weighted by molar-refractivity contribution is 6.09. The summed E-state index contributed by atoms with van der Waals surface area (Å²) >= 11 is 0. The molecule has 6 aliphatic rings. The first-order valence-corrected chi connectivity index (χ1v) is 28.8. The van der Waals surface area contributed by atoms with Crippen molar-refractivity contribution in [1.82, 2.24) is 40.2 Å². The third-order valence-electron chi connectivity index (χ3n) is 16.8. The van der Waals surface area contributed by atoms with Crippen LogP contribution < -0.4 is 29.9 Å². The highest BCUT2D eigenvalue weighted by Gasteiger charge is 2.50. The first-order valence-electron chi connectivity index (χ1n) is 28.8. The van der Waals surface area contributed by atoms with Crippen LogP contribution in [0, 0.1) is 52.0 Å². The second kappa shape index (κ2) is 24.8. The van der Waals surface area contributed by atoms with Crippen molar-refractivity contribution in [2.45, 2.75) is 39.8 Å². The number of fused-ring (bicyclic) bond motifs is 2. The van der Waals surface area contributed by atoms with Gasteiger partial charge in [-0.3, -0.25) is 39.4 Å². The average Bonchev–Trinajstić information content (AvgIpc) is 4.14. The van der Waals surface area contributed by atoms with E-state index in [0.717, 1.165) is 88.3 Å². The quantitative estimate of drug-likeness (QED) is 0.103. The van der Waals surface area contributed by atoms with Crippen molar-refractivity contribution in [3.63, 3.8) is 0 Å². The van der Waals surface area contributed by atoms with Crippen LogP contribution in [-0.2, 0) is 32.3 Å². The van der Waals surface area contributed by atoms with Gasteiger partial charge in [0.05, 0.1) is 49.6 Å². The number of imide groups is 2. The molecule has 0 aliphatic carbocycles. The zero-order valence-electron chi connectivity index (χ0n) is 48.6. The number of ether oxygens (including phenoxy) is 2. The minimum Gasteiger partial charge on any atom is -0.494 e. The topological polar surface area (TPSA) is 190 Å². The van der Waals surface area contributed by atoms with Crippen LogP contribution in [0.25, 0.3) is 22.5 Å². The number of hydrogen-bond donors (Lipinski definition) is 2. The highest BCUT2D eigenvalue weighted by atomic mass is 19.1. The van der Waals surface area contributed by atoms with Gasteiger partial charge < -0.3 is 38.9 Å². The average molecular weight is 1180 g/mol. The summed E-state index contributed by atoms with van der Waals surface area (Å²) in [5.41, 5.74) is 1.21. The predicted octanol–water partition coefficient (Wildman–Crippen LogP) is 6.30. The molecule has 4 saturated heterocycles. The molecule has 0 saturated carbocycles. The van der Waals surface area contributed by atoms with E-state index in [2.05, 4.69) is 67.8 Å². The van der Waals surface area contributed by atoms with E-state index in [0.29, 0.717) is 27.9 Å². The fraction of sp³-hybridized carbons (Fsp3) is 0.333. The Labute approximate surface area is 501 Å². The molecule has 2 N–H and O–H groups in total. The number of pyridine rings is 2. The molecule has 0 spiro atoms. The number of carbonyl (C=O) groups is 6. The summed E-state index contributed by atoms with van der Waals surface area (Å²) in [4.78, 5) is 98.4. The number of nitrogens with one attached hydrogen (secondary N) is 2. The van der Waals surface area contributed by atoms with Crippen molar-refractivity contribution >= 4 is 47.1 Å². The van der Waals surface area contributed by atoms with E-state index in [1.807, 2.05) is 54.6 Å². The summed E-state index contributed by atoms with van der Waals surface area (Å²) in [7, 11) is 2.64. The number of halogens is 3. The summed E-state index contributed by atoms with van der Waals surface area (Å²) in [6.45, 7) is 13.6. The van der Waals surface area contributed by atoms with Crippen LogP contribution in [0.4, 0.5) is 24.8 Å². The Morgan fingerprint density at radius 2 is 0.989 bits per heavy atom. The fourth-order valence-electron chi connectivity index (χ4n) is 11.8. The van der Waals surface area contributed by atoms with E-state index in [1.54, 1.807) is 30.3 Å². The van der Waals surface area contributed by atoms with E-state index >= 15 is 4.39 Å². The van der Waals surface area contributed by atoms with E-state index in [-0.39, 0.29) is 67.2 Å². The first kappa shape index (κ1) is 59.2. The lowest BCUT2D eigenvalue weighted by molar-refractivity contribution is -0.128. The molecule has 12 rings (SSSR count). The Morgan fingerprint density at radius 1 is 0.540 bits per heavy atom. The first-order chi connectivity index (χ1) is 42.0. The third-order valence-corrected chi connectivity index (χ3v) is 16.8. The van der Waals surface area contributed by atoms with Gasteiger partial charge in [-0.2, -0.15) is 0 Å². The number of rotatable bonds is 12. The molecule has 2 aromatic heterocycles. The van der Waals surface area contributed by atoms with E-state index in [9.17, 15) is 37.5 Å². The standard InChI is InChI=1S/C33H31F2N5O4.C33H32FN5O4/c1-3-38-13-15-39(16-14-38)27-6-4-5-25(36-27)23-9-7-21(17-24(23)34)11-12-33(18-28(41)37-32(33)43)20-40-19-22-8-10-26(44-2)30(35)29(22)31(40)42;1-3-37-15-17-38(18-16-37)27-6-4-5-25(35-27)23-9-7-22(8-10-23)13-14-33(19-28(40)36-32(33)42)21-39-20-24-11-12-26(43-2)30(34)29(24)31(39)41/h4-10,17H,3,13-16,18-20H2,1-2H3,(H,37,41,43);4-12H,3,15-21H2,1-2H3,(H,36,40,42)/t2*33-/m11/s1. The van der Waals surface area contributed by atoms with Crippen molar-refractivity contribution in [2.24, 2.45) is 10.8 Å². The third kappa shape index (κ3) is 12.1. The van der Waals surface area contributed by atoms with Crippen LogP contribution in [0.15, 0.2) is 103 Å². The van der Waals surface area contributed by atoms with Gasteiger partial charge in [0.25, 0.3) is 11.8 Å². The molecule has 0 bridgehead atoms. The molecule has 21 heteroatoms. The van der Waals surface area contributed by atoms with Crippen molar-refractivity contribution in [2.75, 3.05) is 103 Å². The molecule has 0 unspecified atom stereocenters. The Bertz CT molecular complexity index is 3880. The predicted molar refractivity (Wildman–Crippen MR) is 317 cm³/mol. The van der Waals surface area contributed by atoms with Gasteiger partial charge in [-0.25, -0.2) is 23.1 Å². The van der Waals surface area contributed by atoms with Gasteiger partial charge >= 0.3 is 0 Å². The number of nitrogens with zero attached hydrogens (tertiary/aromatic N) is 8. The molecule has 4 fully saturated rings. The number of piperazine rings is 2. The zero-order chi connectivity index (χ0) is 61.1. The molecule has 6 aliphatic heterocycles. The van der Waals surface area contributed by atoms with Gasteiger partial charge in [0.15, 0.2) is 23.1 Å². The summed E-state index contributed by atoms with van der Waals surface area (Å²) in [6.07, 6.45) is -0.472. The monoisotopic (exact) mass is 1180 g/mol. The normalized spacial score (nSPS) is 20.0. The summed E-state index contributed by atoms with van der Waals surface area (Å²) < 4.78 is 55.2. The molecule has 6 amide bonds. The molecule has 18 nitrogen and oxygen atoms in total. The number of hydrogen-bond acceptors (Lipinski definition) is 14. The molecule has 2 atom stereocenters. The highest BCUT2D eigenvalue weighted by Crippen LogP contribution is 2.38. The van der Waals surface area contributed by atoms with Crippen LogP contribution in [-0.4, -0.2) is 158 Å². The van der Waals surface area contributed by atoms with Crippen molar-refractivity contribution in [1.29, 1.82) is 0 Å². The largest absolute Gasteiger partial charge is 0.494 e. The summed E-state index contributed by atoms with van der Waals surface area (Å²) in [5.74, 6) is 7.93. The minimum absolute atomic E-state index is 0.0302. The molecule has 0 radical (unpaired) electrons. The summed E-state index contributed by atoms with van der Waals surface area (Å²) in [5, 5.41) is 4.59. The van der Waals surface area contributed by atoms with Crippen LogP contribution in [0.5, 0.6) is 11.5 Å². The molecule has 4 aromatic carbocycles. The molecular formula is C66H63F3N10O8. The Hall–Kier alpha value is -9.57. The molecule has 446 valence electrons. The molecule has 87 heavy (non-hydrogen) atoms. The Morgan fingerprint density at radius 3 is 1.43 bits per heavy atom. The minimum atomic E-state index is -1.58. The van der Waals surface area contributed by atoms with Crippen LogP contribution in [0.3, 0.4) is 0 Å².